The number of anilines is 1. The van der Waals surface area contributed by atoms with Gasteiger partial charge in [-0.15, -0.1) is 0 Å². The first-order valence-corrected chi connectivity index (χ1v) is 7.94. The van der Waals surface area contributed by atoms with Crippen LogP contribution in [0.5, 0.6) is 0 Å². The van der Waals surface area contributed by atoms with Crippen molar-refractivity contribution in [3.63, 3.8) is 0 Å². The topological polar surface area (TPSA) is 82.5 Å². The van der Waals surface area contributed by atoms with Gasteiger partial charge >= 0.3 is 5.97 Å². The number of carbonyl (C=O) groups is 1. The van der Waals surface area contributed by atoms with Gasteiger partial charge < -0.3 is 10.5 Å². The molecule has 0 amide bonds. The molecule has 0 aliphatic carbocycles. The molecule has 0 aliphatic heterocycles. The number of fused-ring (bicyclic) bond motifs is 1. The van der Waals surface area contributed by atoms with E-state index in [0.717, 1.165) is 16.8 Å². The average molecular weight is 324 g/mol. The summed E-state index contributed by atoms with van der Waals surface area (Å²) in [5, 5.41) is 4.61. The van der Waals surface area contributed by atoms with Crippen LogP contribution >= 0.6 is 0 Å². The number of rotatable bonds is 4. The van der Waals surface area contributed by atoms with E-state index >= 15 is 0 Å². The maximum atomic E-state index is 12.0. The minimum atomic E-state index is -0.493. The van der Waals surface area contributed by atoms with Crippen LogP contribution in [0.15, 0.2) is 36.5 Å². The normalized spacial score (nSPS) is 11.2. The van der Waals surface area contributed by atoms with Gasteiger partial charge in [-0.2, -0.15) is 9.61 Å². The molecule has 0 fully saturated rings. The lowest BCUT2D eigenvalue weighted by atomic mass is 9.99. The van der Waals surface area contributed by atoms with Crippen molar-refractivity contribution in [3.8, 4) is 11.1 Å². The number of nitrogens with zero attached hydrogens (tertiary/aromatic N) is 3. The predicted molar refractivity (Wildman–Crippen MR) is 92.9 cm³/mol. The number of hydrogen-bond acceptors (Lipinski definition) is 5. The Hall–Kier alpha value is -2.89. The van der Waals surface area contributed by atoms with Crippen molar-refractivity contribution in [1.82, 2.24) is 14.6 Å². The Labute approximate surface area is 140 Å². The SMILES string of the molecule is CCOC(=O)c1cnc2c(-c3ccccc3)c(C(C)C)nn2c1N. The summed E-state index contributed by atoms with van der Waals surface area (Å²) >= 11 is 0. The average Bonchev–Trinajstić information content (AvgIpc) is 2.97. The quantitative estimate of drug-likeness (QED) is 0.745. The predicted octanol–water partition coefficient (Wildman–Crippen LogP) is 3.28. The fraction of sp³-hybridized carbons (Fsp3) is 0.278. The van der Waals surface area contributed by atoms with Crippen molar-refractivity contribution in [3.05, 3.63) is 47.8 Å². The second kappa shape index (κ2) is 6.31. The lowest BCUT2D eigenvalue weighted by Crippen LogP contribution is -2.12. The second-order valence-electron chi connectivity index (χ2n) is 5.79. The van der Waals surface area contributed by atoms with Crippen LogP contribution in [0.4, 0.5) is 5.82 Å². The smallest absolute Gasteiger partial charge is 0.343 e. The largest absolute Gasteiger partial charge is 0.462 e. The van der Waals surface area contributed by atoms with Crippen molar-refractivity contribution in [2.75, 3.05) is 12.3 Å². The van der Waals surface area contributed by atoms with Gasteiger partial charge in [-0.1, -0.05) is 44.2 Å². The summed E-state index contributed by atoms with van der Waals surface area (Å²) in [4.78, 5) is 16.5. The van der Waals surface area contributed by atoms with Gasteiger partial charge in [-0.25, -0.2) is 9.78 Å². The Morgan fingerprint density at radius 2 is 2.00 bits per heavy atom. The number of benzene rings is 1. The Kier molecular flexibility index (Phi) is 4.20. The number of aromatic nitrogens is 3. The monoisotopic (exact) mass is 324 g/mol. The highest BCUT2D eigenvalue weighted by Crippen LogP contribution is 2.33. The number of carbonyl (C=O) groups excluding carboxylic acids is 1. The number of nitrogens with two attached hydrogens (primary N) is 1. The minimum Gasteiger partial charge on any atom is -0.462 e. The molecule has 124 valence electrons. The molecule has 0 unspecified atom stereocenters. The molecule has 0 radical (unpaired) electrons. The van der Waals surface area contributed by atoms with Crippen LogP contribution in [0.25, 0.3) is 16.8 Å². The molecule has 0 saturated heterocycles. The van der Waals surface area contributed by atoms with Gasteiger partial charge in [0.25, 0.3) is 0 Å². The third kappa shape index (κ3) is 2.60. The summed E-state index contributed by atoms with van der Waals surface area (Å²) in [5.41, 5.74) is 9.88. The summed E-state index contributed by atoms with van der Waals surface area (Å²) in [6.45, 7) is 6.16. The van der Waals surface area contributed by atoms with Crippen molar-refractivity contribution in [2.45, 2.75) is 26.7 Å². The van der Waals surface area contributed by atoms with Gasteiger partial charge in [0.2, 0.25) is 0 Å². The highest BCUT2D eigenvalue weighted by Gasteiger charge is 2.22. The first-order valence-electron chi connectivity index (χ1n) is 7.94. The zero-order valence-electron chi connectivity index (χ0n) is 14.0. The number of nitrogen functional groups attached to an aromatic ring is 1. The number of esters is 1. The third-order valence-corrected chi connectivity index (χ3v) is 3.81. The van der Waals surface area contributed by atoms with Crippen LogP contribution in [0.3, 0.4) is 0 Å². The molecule has 0 saturated carbocycles. The first-order chi connectivity index (χ1) is 11.5. The Morgan fingerprint density at radius 3 is 2.62 bits per heavy atom. The van der Waals surface area contributed by atoms with E-state index in [9.17, 15) is 4.79 Å². The third-order valence-electron chi connectivity index (χ3n) is 3.81. The van der Waals surface area contributed by atoms with Gasteiger partial charge in [0, 0.05) is 6.20 Å². The summed E-state index contributed by atoms with van der Waals surface area (Å²) in [5.74, 6) is -0.0675. The lowest BCUT2D eigenvalue weighted by Gasteiger charge is -2.07. The summed E-state index contributed by atoms with van der Waals surface area (Å²) in [7, 11) is 0. The first kappa shape index (κ1) is 16.0. The molecule has 3 aromatic rings. The van der Waals surface area contributed by atoms with Crippen molar-refractivity contribution < 1.29 is 9.53 Å². The van der Waals surface area contributed by atoms with Crippen LogP contribution in [-0.2, 0) is 4.74 Å². The molecule has 0 bridgehead atoms. The maximum absolute atomic E-state index is 12.0. The maximum Gasteiger partial charge on any atom is 0.343 e. The van der Waals surface area contributed by atoms with Crippen molar-refractivity contribution >= 4 is 17.4 Å². The van der Waals surface area contributed by atoms with E-state index in [-0.39, 0.29) is 23.9 Å². The molecule has 0 spiro atoms. The summed E-state index contributed by atoms with van der Waals surface area (Å²) in [6, 6.07) is 9.93. The van der Waals surface area contributed by atoms with E-state index in [4.69, 9.17) is 10.5 Å². The van der Waals surface area contributed by atoms with Crippen LogP contribution < -0.4 is 5.73 Å². The highest BCUT2D eigenvalue weighted by atomic mass is 16.5. The Balaban J connectivity index is 2.27. The van der Waals surface area contributed by atoms with Gasteiger partial charge in [0.15, 0.2) is 5.65 Å². The molecular weight excluding hydrogens is 304 g/mol. The Morgan fingerprint density at radius 1 is 1.29 bits per heavy atom. The molecule has 2 aromatic heterocycles. The number of ether oxygens (including phenoxy) is 1. The number of hydrogen-bond donors (Lipinski definition) is 1. The molecule has 3 rings (SSSR count). The van der Waals surface area contributed by atoms with E-state index in [2.05, 4.69) is 23.9 Å². The van der Waals surface area contributed by atoms with Gasteiger partial charge in [0.1, 0.15) is 11.4 Å². The van der Waals surface area contributed by atoms with Crippen LogP contribution in [-0.4, -0.2) is 27.2 Å². The van der Waals surface area contributed by atoms with E-state index < -0.39 is 5.97 Å². The fourth-order valence-electron chi connectivity index (χ4n) is 2.67. The van der Waals surface area contributed by atoms with E-state index in [1.807, 2.05) is 30.3 Å². The van der Waals surface area contributed by atoms with Gasteiger partial charge in [-0.05, 0) is 18.4 Å². The van der Waals surface area contributed by atoms with E-state index in [0.29, 0.717) is 5.65 Å². The summed E-state index contributed by atoms with van der Waals surface area (Å²) < 4.78 is 6.56. The zero-order chi connectivity index (χ0) is 17.3. The standard InChI is InChI=1S/C18H20N4O2/c1-4-24-18(23)13-10-20-17-14(12-8-6-5-7-9-12)15(11(2)3)21-22(17)16(13)19/h5-11H,4,19H2,1-3H3. The molecule has 0 aliphatic rings. The van der Waals surface area contributed by atoms with Gasteiger partial charge in [-0.3, -0.25) is 0 Å². The molecule has 24 heavy (non-hydrogen) atoms. The lowest BCUT2D eigenvalue weighted by molar-refractivity contribution is 0.0526. The molecule has 0 atom stereocenters. The Bertz CT molecular complexity index is 885. The van der Waals surface area contributed by atoms with Crippen molar-refractivity contribution in [2.24, 2.45) is 0 Å². The van der Waals surface area contributed by atoms with E-state index in [1.54, 1.807) is 6.92 Å². The minimum absolute atomic E-state index is 0.187. The van der Waals surface area contributed by atoms with Crippen molar-refractivity contribution in [1.29, 1.82) is 0 Å². The van der Waals surface area contributed by atoms with E-state index in [1.165, 1.54) is 10.7 Å². The van der Waals surface area contributed by atoms with Crippen LogP contribution in [0.2, 0.25) is 0 Å². The zero-order valence-corrected chi connectivity index (χ0v) is 14.0. The van der Waals surface area contributed by atoms with Gasteiger partial charge in [0.05, 0.1) is 17.9 Å². The van der Waals surface area contributed by atoms with Crippen LogP contribution in [0.1, 0.15) is 42.7 Å². The second-order valence-corrected chi connectivity index (χ2v) is 5.79. The molecule has 2 heterocycles. The molecule has 1 aromatic carbocycles. The fourth-order valence-corrected chi connectivity index (χ4v) is 2.67. The van der Waals surface area contributed by atoms with Crippen LogP contribution in [0, 0.1) is 0 Å². The summed E-state index contributed by atoms with van der Waals surface area (Å²) in [6.07, 6.45) is 1.46. The molecule has 6 heteroatoms. The highest BCUT2D eigenvalue weighted by molar-refractivity contribution is 5.95. The molecule has 6 nitrogen and oxygen atoms in total. The molecular formula is C18H20N4O2. The molecule has 2 N–H and O–H groups in total.